The number of hydrogen-bond donors (Lipinski definition) is 2. The predicted octanol–water partition coefficient (Wildman–Crippen LogP) is 2.30. The summed E-state index contributed by atoms with van der Waals surface area (Å²) in [6.07, 6.45) is -2.13. The maximum atomic E-state index is 12.3. The zero-order chi connectivity index (χ0) is 18.2. The number of aliphatic imine (C=N–C) groups is 1. The van der Waals surface area contributed by atoms with Crippen LogP contribution in [-0.4, -0.2) is 81.3 Å². The molecule has 9 heteroatoms. The van der Waals surface area contributed by atoms with Gasteiger partial charge in [0.2, 0.25) is 0 Å². The van der Waals surface area contributed by atoms with Gasteiger partial charge in [0.05, 0.1) is 6.54 Å². The zero-order valence-electron chi connectivity index (χ0n) is 15.3. The highest BCUT2D eigenvalue weighted by Crippen LogP contribution is 2.15. The lowest BCUT2D eigenvalue weighted by Crippen LogP contribution is -2.50. The van der Waals surface area contributed by atoms with Crippen molar-refractivity contribution in [3.8, 4) is 0 Å². The van der Waals surface area contributed by atoms with Crippen molar-refractivity contribution < 1.29 is 13.2 Å². The van der Waals surface area contributed by atoms with Crippen molar-refractivity contribution in [1.29, 1.82) is 0 Å². The van der Waals surface area contributed by atoms with Gasteiger partial charge in [-0.15, -0.1) is 24.0 Å². The molecule has 0 saturated carbocycles. The topological polar surface area (TPSA) is 42.9 Å². The molecule has 2 N–H and O–H groups in total. The second-order valence-corrected chi connectivity index (χ2v) is 6.50. The van der Waals surface area contributed by atoms with Crippen LogP contribution in [0.15, 0.2) is 17.1 Å². The molecule has 5 nitrogen and oxygen atoms in total. The molecule has 1 rings (SSSR count). The molecule has 0 aromatic rings. The first-order chi connectivity index (χ1) is 11.2. The Labute approximate surface area is 166 Å². The van der Waals surface area contributed by atoms with Crippen LogP contribution in [-0.2, 0) is 0 Å². The van der Waals surface area contributed by atoms with E-state index in [9.17, 15) is 13.2 Å². The number of piperidine rings is 1. The van der Waals surface area contributed by atoms with Gasteiger partial charge in [-0.05, 0) is 26.8 Å². The summed E-state index contributed by atoms with van der Waals surface area (Å²) in [5.41, 5.74) is 1.17. The molecule has 0 aromatic carbocycles. The van der Waals surface area contributed by atoms with Crippen LogP contribution < -0.4 is 10.6 Å². The van der Waals surface area contributed by atoms with E-state index in [1.54, 1.807) is 7.05 Å². The van der Waals surface area contributed by atoms with Crippen molar-refractivity contribution in [1.82, 2.24) is 20.4 Å². The Hall–Kier alpha value is -0.550. The SMILES string of the molecule is C=C(C)CN1CCC(NC(=NC)NCCN(C)CC(F)(F)F)CC1.I. The van der Waals surface area contributed by atoms with Gasteiger partial charge in [0, 0.05) is 45.8 Å². The molecule has 0 amide bonds. The van der Waals surface area contributed by atoms with E-state index in [1.807, 2.05) is 6.92 Å². The fraction of sp³-hybridized carbons (Fsp3) is 0.812. The van der Waals surface area contributed by atoms with Crippen LogP contribution in [0.4, 0.5) is 13.2 Å². The third-order valence-electron chi connectivity index (χ3n) is 3.88. The monoisotopic (exact) mass is 477 g/mol. The van der Waals surface area contributed by atoms with Gasteiger partial charge < -0.3 is 10.6 Å². The van der Waals surface area contributed by atoms with E-state index in [4.69, 9.17) is 0 Å². The Bertz CT molecular complexity index is 420. The third-order valence-corrected chi connectivity index (χ3v) is 3.88. The van der Waals surface area contributed by atoms with Crippen LogP contribution in [0.1, 0.15) is 19.8 Å². The summed E-state index contributed by atoms with van der Waals surface area (Å²) >= 11 is 0. The second kappa shape index (κ2) is 11.9. The van der Waals surface area contributed by atoms with Gasteiger partial charge >= 0.3 is 6.18 Å². The van der Waals surface area contributed by atoms with E-state index >= 15 is 0 Å². The molecule has 0 radical (unpaired) electrons. The molecular formula is C16H31F3IN5. The number of alkyl halides is 3. The summed E-state index contributed by atoms with van der Waals surface area (Å²) in [4.78, 5) is 7.77. The number of nitrogens with zero attached hydrogens (tertiary/aromatic N) is 3. The fourth-order valence-electron chi connectivity index (χ4n) is 2.76. The molecule has 0 spiro atoms. The molecule has 0 aliphatic carbocycles. The smallest absolute Gasteiger partial charge is 0.355 e. The highest BCUT2D eigenvalue weighted by molar-refractivity contribution is 14.0. The fourth-order valence-corrected chi connectivity index (χ4v) is 2.76. The largest absolute Gasteiger partial charge is 0.401 e. The number of nitrogens with one attached hydrogen (secondary N) is 2. The highest BCUT2D eigenvalue weighted by atomic mass is 127. The standard InChI is InChI=1S/C16H30F3N5.HI/c1-13(2)11-24-8-5-14(6-9-24)22-15(20-3)21-7-10-23(4)12-16(17,18)19;/h14H,1,5-12H2,2-4H3,(H2,20,21,22);1H. The van der Waals surface area contributed by atoms with Gasteiger partial charge in [-0.1, -0.05) is 12.2 Å². The van der Waals surface area contributed by atoms with Crippen molar-refractivity contribution in [2.24, 2.45) is 4.99 Å². The van der Waals surface area contributed by atoms with E-state index in [2.05, 4.69) is 27.1 Å². The molecule has 1 fully saturated rings. The van der Waals surface area contributed by atoms with Crippen LogP contribution in [0.25, 0.3) is 0 Å². The van der Waals surface area contributed by atoms with Gasteiger partial charge in [-0.25, -0.2) is 0 Å². The summed E-state index contributed by atoms with van der Waals surface area (Å²) < 4.78 is 36.8. The lowest BCUT2D eigenvalue weighted by atomic mass is 10.0. The van der Waals surface area contributed by atoms with Crippen LogP contribution in [0, 0.1) is 0 Å². The van der Waals surface area contributed by atoms with E-state index in [0.29, 0.717) is 25.1 Å². The van der Waals surface area contributed by atoms with Crippen molar-refractivity contribution in [2.45, 2.75) is 32.0 Å². The maximum absolute atomic E-state index is 12.3. The molecule has 1 aliphatic rings. The van der Waals surface area contributed by atoms with Gasteiger partial charge in [0.1, 0.15) is 0 Å². The molecule has 1 aliphatic heterocycles. The Balaban J connectivity index is 0.00000576. The van der Waals surface area contributed by atoms with E-state index in [0.717, 1.165) is 32.5 Å². The summed E-state index contributed by atoms with van der Waals surface area (Å²) in [5.74, 6) is 0.647. The third kappa shape index (κ3) is 11.6. The van der Waals surface area contributed by atoms with E-state index in [1.165, 1.54) is 17.5 Å². The molecule has 0 unspecified atom stereocenters. The molecule has 0 aromatic heterocycles. The molecule has 0 atom stereocenters. The van der Waals surface area contributed by atoms with Crippen molar-refractivity contribution in [3.05, 3.63) is 12.2 Å². The molecule has 1 saturated heterocycles. The number of halogens is 4. The number of likely N-dealkylation sites (tertiary alicyclic amines) is 1. The minimum absolute atomic E-state index is 0. The van der Waals surface area contributed by atoms with Gasteiger partial charge in [0.25, 0.3) is 0 Å². The second-order valence-electron chi connectivity index (χ2n) is 6.50. The van der Waals surface area contributed by atoms with Crippen LogP contribution in [0.2, 0.25) is 0 Å². The molecule has 148 valence electrons. The highest BCUT2D eigenvalue weighted by Gasteiger charge is 2.28. The first-order valence-electron chi connectivity index (χ1n) is 8.29. The Morgan fingerprint density at radius 2 is 1.92 bits per heavy atom. The number of guanidine groups is 1. The van der Waals surface area contributed by atoms with Crippen LogP contribution >= 0.6 is 24.0 Å². The molecular weight excluding hydrogens is 446 g/mol. The summed E-state index contributed by atoms with van der Waals surface area (Å²) in [5, 5.41) is 6.43. The zero-order valence-corrected chi connectivity index (χ0v) is 17.7. The van der Waals surface area contributed by atoms with E-state index in [-0.39, 0.29) is 24.0 Å². The van der Waals surface area contributed by atoms with Crippen LogP contribution in [0.5, 0.6) is 0 Å². The minimum Gasteiger partial charge on any atom is -0.355 e. The number of rotatable bonds is 7. The average molecular weight is 477 g/mol. The summed E-state index contributed by atoms with van der Waals surface area (Å²) in [6, 6.07) is 0.338. The Morgan fingerprint density at radius 1 is 1.32 bits per heavy atom. The lowest BCUT2D eigenvalue weighted by Gasteiger charge is -2.33. The average Bonchev–Trinajstić information content (AvgIpc) is 2.45. The molecule has 1 heterocycles. The predicted molar refractivity (Wildman–Crippen MR) is 108 cm³/mol. The first-order valence-corrected chi connectivity index (χ1v) is 8.29. The van der Waals surface area contributed by atoms with Crippen molar-refractivity contribution >= 4 is 29.9 Å². The normalized spacial score (nSPS) is 17.3. The summed E-state index contributed by atoms with van der Waals surface area (Å²) in [6.45, 7) is 8.75. The van der Waals surface area contributed by atoms with Crippen molar-refractivity contribution in [2.75, 3.05) is 53.4 Å². The minimum atomic E-state index is -4.16. The van der Waals surface area contributed by atoms with Gasteiger partial charge in [-0.2, -0.15) is 13.2 Å². The molecule has 25 heavy (non-hydrogen) atoms. The Morgan fingerprint density at radius 3 is 2.40 bits per heavy atom. The number of likely N-dealkylation sites (N-methyl/N-ethyl adjacent to an activating group) is 1. The lowest BCUT2D eigenvalue weighted by molar-refractivity contribution is -0.142. The number of hydrogen-bond acceptors (Lipinski definition) is 3. The van der Waals surface area contributed by atoms with Crippen LogP contribution in [0.3, 0.4) is 0 Å². The molecule has 0 bridgehead atoms. The van der Waals surface area contributed by atoms with Gasteiger partial charge in [-0.3, -0.25) is 14.8 Å². The first kappa shape index (κ1) is 24.5. The Kier molecular flexibility index (Phi) is 11.7. The van der Waals surface area contributed by atoms with Gasteiger partial charge in [0.15, 0.2) is 5.96 Å². The maximum Gasteiger partial charge on any atom is 0.401 e. The quantitative estimate of drug-likeness (QED) is 0.256. The van der Waals surface area contributed by atoms with Crippen molar-refractivity contribution in [3.63, 3.8) is 0 Å². The van der Waals surface area contributed by atoms with E-state index < -0.39 is 12.7 Å². The summed E-state index contributed by atoms with van der Waals surface area (Å²) in [7, 11) is 3.13.